The largest absolute Gasteiger partial charge is 0.392 e. The zero-order valence-electron chi connectivity index (χ0n) is 5.83. The third kappa shape index (κ3) is 0.827. The first-order valence-electron chi connectivity index (χ1n) is 3.47. The van der Waals surface area contributed by atoms with Gasteiger partial charge in [-0.3, -0.25) is 5.10 Å². The van der Waals surface area contributed by atoms with Crippen molar-refractivity contribution in [3.05, 3.63) is 17.5 Å². The standard InChI is InChI=1S/C7H10N2O/c1-4-2-6(9-8-4)5-3-7(5)10/h2,5,7,10H,3H2,1H3,(H,8,9). The topological polar surface area (TPSA) is 48.9 Å². The van der Waals surface area contributed by atoms with Gasteiger partial charge in [0.25, 0.3) is 0 Å². The first-order chi connectivity index (χ1) is 4.77. The average Bonchev–Trinajstić information content (AvgIpc) is 2.42. The highest BCUT2D eigenvalue weighted by molar-refractivity contribution is 5.19. The van der Waals surface area contributed by atoms with Gasteiger partial charge in [-0.2, -0.15) is 5.10 Å². The van der Waals surface area contributed by atoms with Crippen molar-refractivity contribution in [2.45, 2.75) is 25.4 Å². The Bertz CT molecular complexity index is 244. The maximum atomic E-state index is 9.04. The minimum absolute atomic E-state index is 0.125. The first kappa shape index (κ1) is 5.92. The Kier molecular flexibility index (Phi) is 1.08. The Morgan fingerprint density at radius 3 is 2.90 bits per heavy atom. The summed E-state index contributed by atoms with van der Waals surface area (Å²) in [6.07, 6.45) is 0.765. The molecule has 0 saturated heterocycles. The highest BCUT2D eigenvalue weighted by Gasteiger charge is 2.37. The summed E-state index contributed by atoms with van der Waals surface area (Å²) in [5, 5.41) is 15.9. The molecular formula is C7H10N2O. The van der Waals surface area contributed by atoms with Crippen LogP contribution in [0.2, 0.25) is 0 Å². The summed E-state index contributed by atoms with van der Waals surface area (Å²) in [6, 6.07) is 1.99. The minimum Gasteiger partial charge on any atom is -0.392 e. The first-order valence-corrected chi connectivity index (χ1v) is 3.47. The molecule has 2 atom stereocenters. The maximum absolute atomic E-state index is 9.04. The van der Waals surface area contributed by atoms with Gasteiger partial charge < -0.3 is 5.11 Å². The number of aromatic amines is 1. The van der Waals surface area contributed by atoms with Gasteiger partial charge in [-0.1, -0.05) is 0 Å². The number of aliphatic hydroxyl groups excluding tert-OH is 1. The number of nitrogens with zero attached hydrogens (tertiary/aromatic N) is 1. The van der Waals surface area contributed by atoms with Crippen LogP contribution in [0.1, 0.15) is 23.7 Å². The van der Waals surface area contributed by atoms with Gasteiger partial charge in [0.2, 0.25) is 0 Å². The summed E-state index contributed by atoms with van der Waals surface area (Å²) in [5.74, 6) is 0.334. The molecule has 1 heterocycles. The lowest BCUT2D eigenvalue weighted by atomic mass is 10.3. The molecular weight excluding hydrogens is 128 g/mol. The maximum Gasteiger partial charge on any atom is 0.0632 e. The molecule has 1 aliphatic rings. The number of rotatable bonds is 1. The molecule has 0 bridgehead atoms. The summed E-state index contributed by atoms with van der Waals surface area (Å²) < 4.78 is 0. The molecule has 1 saturated carbocycles. The van der Waals surface area contributed by atoms with Crippen LogP contribution in [0.3, 0.4) is 0 Å². The Hall–Kier alpha value is -0.830. The fourth-order valence-corrected chi connectivity index (χ4v) is 1.15. The van der Waals surface area contributed by atoms with Crippen molar-refractivity contribution < 1.29 is 5.11 Å². The van der Waals surface area contributed by atoms with E-state index in [1.807, 2.05) is 13.0 Å². The molecule has 0 aromatic carbocycles. The zero-order chi connectivity index (χ0) is 7.14. The van der Waals surface area contributed by atoms with Crippen molar-refractivity contribution in [3.63, 3.8) is 0 Å². The summed E-state index contributed by atoms with van der Waals surface area (Å²) in [5.41, 5.74) is 2.07. The van der Waals surface area contributed by atoms with Gasteiger partial charge in [0.1, 0.15) is 0 Å². The lowest BCUT2D eigenvalue weighted by Crippen LogP contribution is -1.85. The Morgan fingerprint density at radius 2 is 2.50 bits per heavy atom. The van der Waals surface area contributed by atoms with E-state index in [2.05, 4.69) is 10.2 Å². The quantitative estimate of drug-likeness (QED) is 0.596. The molecule has 1 aliphatic carbocycles. The van der Waals surface area contributed by atoms with E-state index in [0.717, 1.165) is 17.8 Å². The van der Waals surface area contributed by atoms with Crippen molar-refractivity contribution >= 4 is 0 Å². The summed E-state index contributed by atoms with van der Waals surface area (Å²) in [6.45, 7) is 1.94. The summed E-state index contributed by atoms with van der Waals surface area (Å²) in [4.78, 5) is 0. The normalized spacial score (nSPS) is 30.6. The summed E-state index contributed by atoms with van der Waals surface area (Å²) >= 11 is 0. The number of H-pyrrole nitrogens is 1. The van der Waals surface area contributed by atoms with E-state index in [0.29, 0.717) is 5.92 Å². The molecule has 3 heteroatoms. The molecule has 0 spiro atoms. The molecule has 1 aromatic heterocycles. The van der Waals surface area contributed by atoms with Crippen LogP contribution in [-0.4, -0.2) is 21.4 Å². The van der Waals surface area contributed by atoms with Gasteiger partial charge in [-0.25, -0.2) is 0 Å². The predicted octanol–water partition coefficient (Wildman–Crippen LogP) is 0.566. The van der Waals surface area contributed by atoms with E-state index in [1.165, 1.54) is 0 Å². The fourth-order valence-electron chi connectivity index (χ4n) is 1.15. The molecule has 0 radical (unpaired) electrons. The van der Waals surface area contributed by atoms with Crippen LogP contribution in [0.15, 0.2) is 6.07 Å². The van der Waals surface area contributed by atoms with Gasteiger partial charge in [-0.15, -0.1) is 0 Å². The average molecular weight is 138 g/mol. The second-order valence-electron chi connectivity index (χ2n) is 2.87. The molecule has 3 nitrogen and oxygen atoms in total. The second kappa shape index (κ2) is 1.83. The van der Waals surface area contributed by atoms with Crippen LogP contribution >= 0.6 is 0 Å². The third-order valence-corrected chi connectivity index (χ3v) is 1.88. The van der Waals surface area contributed by atoms with Crippen LogP contribution in [0, 0.1) is 6.92 Å². The highest BCUT2D eigenvalue weighted by atomic mass is 16.3. The number of aromatic nitrogens is 2. The molecule has 1 aromatic rings. The number of nitrogens with one attached hydrogen (secondary N) is 1. The second-order valence-corrected chi connectivity index (χ2v) is 2.87. The molecule has 2 unspecified atom stereocenters. The van der Waals surface area contributed by atoms with E-state index in [1.54, 1.807) is 0 Å². The fraction of sp³-hybridized carbons (Fsp3) is 0.571. The molecule has 2 rings (SSSR count). The van der Waals surface area contributed by atoms with Crippen molar-refractivity contribution in [2.75, 3.05) is 0 Å². The van der Waals surface area contributed by atoms with Crippen molar-refractivity contribution in [2.24, 2.45) is 0 Å². The SMILES string of the molecule is Cc1cc(C2CC2O)[nH]n1. The lowest BCUT2D eigenvalue weighted by molar-refractivity contribution is 0.271. The lowest BCUT2D eigenvalue weighted by Gasteiger charge is -1.86. The molecule has 10 heavy (non-hydrogen) atoms. The zero-order valence-corrected chi connectivity index (χ0v) is 5.83. The van der Waals surface area contributed by atoms with Gasteiger partial charge in [0.15, 0.2) is 0 Å². The number of aliphatic hydroxyl groups is 1. The molecule has 0 aliphatic heterocycles. The van der Waals surface area contributed by atoms with Gasteiger partial charge >= 0.3 is 0 Å². The van der Waals surface area contributed by atoms with Crippen molar-refractivity contribution in [1.82, 2.24) is 10.2 Å². The van der Waals surface area contributed by atoms with E-state index >= 15 is 0 Å². The van der Waals surface area contributed by atoms with E-state index < -0.39 is 0 Å². The van der Waals surface area contributed by atoms with Crippen LogP contribution in [0.5, 0.6) is 0 Å². The highest BCUT2D eigenvalue weighted by Crippen LogP contribution is 2.39. The number of aryl methyl sites for hydroxylation is 1. The molecule has 2 N–H and O–H groups in total. The Labute approximate surface area is 59.1 Å². The van der Waals surface area contributed by atoms with Crippen LogP contribution in [0.25, 0.3) is 0 Å². The van der Waals surface area contributed by atoms with Crippen LogP contribution < -0.4 is 0 Å². The van der Waals surface area contributed by atoms with Gasteiger partial charge in [-0.05, 0) is 19.4 Å². The Balaban J connectivity index is 2.20. The smallest absolute Gasteiger partial charge is 0.0632 e. The summed E-state index contributed by atoms with van der Waals surface area (Å²) in [7, 11) is 0. The van der Waals surface area contributed by atoms with E-state index in [4.69, 9.17) is 5.11 Å². The van der Waals surface area contributed by atoms with Crippen LogP contribution in [0.4, 0.5) is 0 Å². The predicted molar refractivity (Wildman–Crippen MR) is 36.7 cm³/mol. The number of hydrogen-bond donors (Lipinski definition) is 2. The van der Waals surface area contributed by atoms with Gasteiger partial charge in [0, 0.05) is 11.6 Å². The van der Waals surface area contributed by atoms with E-state index in [-0.39, 0.29) is 6.10 Å². The Morgan fingerprint density at radius 1 is 1.80 bits per heavy atom. The van der Waals surface area contributed by atoms with Crippen molar-refractivity contribution in [1.29, 1.82) is 0 Å². The molecule has 54 valence electrons. The van der Waals surface area contributed by atoms with Crippen molar-refractivity contribution in [3.8, 4) is 0 Å². The van der Waals surface area contributed by atoms with E-state index in [9.17, 15) is 0 Å². The van der Waals surface area contributed by atoms with Crippen LogP contribution in [-0.2, 0) is 0 Å². The minimum atomic E-state index is -0.125. The monoisotopic (exact) mass is 138 g/mol. The molecule has 0 amide bonds. The molecule has 1 fully saturated rings. The number of hydrogen-bond acceptors (Lipinski definition) is 2. The van der Waals surface area contributed by atoms with Gasteiger partial charge in [0.05, 0.1) is 11.8 Å². The third-order valence-electron chi connectivity index (χ3n) is 1.88.